The van der Waals surface area contributed by atoms with Crippen LogP contribution in [-0.2, 0) is 9.59 Å². The van der Waals surface area contributed by atoms with E-state index in [1.807, 2.05) is 57.2 Å². The van der Waals surface area contributed by atoms with Crippen molar-refractivity contribution in [3.8, 4) is 0 Å². The molecule has 0 radical (unpaired) electrons. The van der Waals surface area contributed by atoms with Gasteiger partial charge in [0.25, 0.3) is 0 Å². The molecule has 0 spiro atoms. The van der Waals surface area contributed by atoms with Crippen LogP contribution < -0.4 is 20.9 Å². The Hall–Kier alpha value is -3.06. The second kappa shape index (κ2) is 10.3. The van der Waals surface area contributed by atoms with Gasteiger partial charge in [-0.3, -0.25) is 9.59 Å². The Balaban J connectivity index is 1.49. The maximum atomic E-state index is 12.3. The molecule has 2 amide bonds. The highest BCUT2D eigenvalue weighted by atomic mass is 16.3. The average Bonchev–Trinajstić information content (AvgIpc) is 2.74. The van der Waals surface area contributed by atoms with Gasteiger partial charge in [-0.05, 0) is 56.9 Å². The van der Waals surface area contributed by atoms with Gasteiger partial charge in [-0.25, -0.2) is 0 Å². The zero-order chi connectivity index (χ0) is 22.4. The molecular weight excluding hydrogens is 392 g/mol. The van der Waals surface area contributed by atoms with Gasteiger partial charge in [0.1, 0.15) is 0 Å². The summed E-state index contributed by atoms with van der Waals surface area (Å²) in [5, 5.41) is 18.5. The molecule has 1 fully saturated rings. The summed E-state index contributed by atoms with van der Waals surface area (Å²) in [5.74, 6) is -0.507. The van der Waals surface area contributed by atoms with Crippen molar-refractivity contribution in [3.05, 3.63) is 53.1 Å². The van der Waals surface area contributed by atoms with Gasteiger partial charge < -0.3 is 26.0 Å². The minimum absolute atomic E-state index is 0.0728. The summed E-state index contributed by atoms with van der Waals surface area (Å²) in [5.41, 5.74) is 5.83. The van der Waals surface area contributed by atoms with E-state index in [1.54, 1.807) is 0 Å². The molecule has 0 aliphatic carbocycles. The molecule has 0 saturated carbocycles. The number of rotatable bonds is 7. The molecule has 1 saturated heterocycles. The van der Waals surface area contributed by atoms with Gasteiger partial charge >= 0.3 is 0 Å². The van der Waals surface area contributed by atoms with Gasteiger partial charge in [0, 0.05) is 18.8 Å². The molecule has 1 aliphatic rings. The largest absolute Gasteiger partial charge is 0.393 e. The second-order valence-corrected chi connectivity index (χ2v) is 8.19. The normalized spacial score (nSPS) is 14.3. The summed E-state index contributed by atoms with van der Waals surface area (Å²) in [6, 6.07) is 11.9. The van der Waals surface area contributed by atoms with E-state index in [9.17, 15) is 14.7 Å². The first-order chi connectivity index (χ1) is 14.8. The van der Waals surface area contributed by atoms with E-state index in [-0.39, 0.29) is 31.0 Å². The van der Waals surface area contributed by atoms with Crippen molar-refractivity contribution < 1.29 is 14.7 Å². The van der Waals surface area contributed by atoms with Gasteiger partial charge in [0.15, 0.2) is 0 Å². The first kappa shape index (κ1) is 22.6. The zero-order valence-electron chi connectivity index (χ0n) is 18.5. The quantitative estimate of drug-likeness (QED) is 0.548. The van der Waals surface area contributed by atoms with Crippen LogP contribution in [0, 0.1) is 20.8 Å². The zero-order valence-corrected chi connectivity index (χ0v) is 18.5. The van der Waals surface area contributed by atoms with Crippen molar-refractivity contribution in [2.24, 2.45) is 0 Å². The van der Waals surface area contributed by atoms with Gasteiger partial charge in [-0.2, -0.15) is 0 Å². The van der Waals surface area contributed by atoms with Crippen LogP contribution in [0.25, 0.3) is 0 Å². The minimum atomic E-state index is -0.254. The molecule has 7 heteroatoms. The number of benzene rings is 2. The minimum Gasteiger partial charge on any atom is -0.393 e. The molecular formula is C24H32N4O3. The van der Waals surface area contributed by atoms with Crippen LogP contribution >= 0.6 is 0 Å². The Labute approximate surface area is 183 Å². The molecule has 1 aliphatic heterocycles. The number of anilines is 3. The third-order valence-electron chi connectivity index (χ3n) is 5.54. The van der Waals surface area contributed by atoms with E-state index < -0.39 is 0 Å². The molecule has 4 N–H and O–H groups in total. The maximum Gasteiger partial charge on any atom is 0.243 e. The smallest absolute Gasteiger partial charge is 0.243 e. The van der Waals surface area contributed by atoms with E-state index in [4.69, 9.17) is 0 Å². The Morgan fingerprint density at radius 1 is 1.00 bits per heavy atom. The molecule has 1 heterocycles. The topological polar surface area (TPSA) is 93.7 Å². The van der Waals surface area contributed by atoms with Crippen molar-refractivity contribution in [2.45, 2.75) is 39.7 Å². The number of para-hydroxylation sites is 2. The Morgan fingerprint density at radius 3 is 2.32 bits per heavy atom. The summed E-state index contributed by atoms with van der Waals surface area (Å²) in [7, 11) is 0. The molecule has 0 atom stereocenters. The molecule has 2 aromatic carbocycles. The van der Waals surface area contributed by atoms with Crippen LogP contribution in [0.1, 0.15) is 29.5 Å². The molecule has 3 rings (SSSR count). The average molecular weight is 425 g/mol. The fourth-order valence-electron chi connectivity index (χ4n) is 3.98. The van der Waals surface area contributed by atoms with Crippen LogP contribution in [0.5, 0.6) is 0 Å². The predicted molar refractivity (Wildman–Crippen MR) is 125 cm³/mol. The van der Waals surface area contributed by atoms with Crippen molar-refractivity contribution >= 4 is 28.9 Å². The summed E-state index contributed by atoms with van der Waals surface area (Å²) < 4.78 is 0. The van der Waals surface area contributed by atoms with E-state index in [0.717, 1.165) is 59.7 Å². The lowest BCUT2D eigenvalue weighted by molar-refractivity contribution is -0.122. The fourth-order valence-corrected chi connectivity index (χ4v) is 3.98. The maximum absolute atomic E-state index is 12.3. The third kappa shape index (κ3) is 6.21. The van der Waals surface area contributed by atoms with Crippen LogP contribution in [-0.4, -0.2) is 49.2 Å². The Kier molecular flexibility index (Phi) is 7.52. The fraction of sp³-hybridized carbons (Fsp3) is 0.417. The number of aliphatic hydroxyl groups is 1. The van der Waals surface area contributed by atoms with Gasteiger partial charge in [0.05, 0.1) is 30.6 Å². The number of piperidine rings is 1. The van der Waals surface area contributed by atoms with E-state index >= 15 is 0 Å². The second-order valence-electron chi connectivity index (χ2n) is 8.19. The molecule has 166 valence electrons. The molecule has 0 bridgehead atoms. The standard InChI is InChI=1S/C24H32N4O3/c1-16-12-17(2)24(18(3)13-16)27-23(31)15-26-22(30)14-25-20-6-4-5-7-21(20)28-10-8-19(29)9-11-28/h4-7,12-13,19,25,29H,8-11,14-15H2,1-3H3,(H,26,30)(H,27,31). The van der Waals surface area contributed by atoms with Crippen molar-refractivity contribution in [1.82, 2.24) is 5.32 Å². The number of hydrogen-bond acceptors (Lipinski definition) is 5. The van der Waals surface area contributed by atoms with Crippen LogP contribution in [0.4, 0.5) is 17.1 Å². The molecule has 0 aromatic heterocycles. The Morgan fingerprint density at radius 2 is 1.65 bits per heavy atom. The number of nitrogens with one attached hydrogen (secondary N) is 3. The molecule has 2 aromatic rings. The number of amides is 2. The summed E-state index contributed by atoms with van der Waals surface area (Å²) in [6.07, 6.45) is 1.24. The molecule has 31 heavy (non-hydrogen) atoms. The summed E-state index contributed by atoms with van der Waals surface area (Å²) in [6.45, 7) is 7.49. The lowest BCUT2D eigenvalue weighted by Gasteiger charge is -2.32. The van der Waals surface area contributed by atoms with Gasteiger partial charge in [-0.1, -0.05) is 29.8 Å². The third-order valence-corrected chi connectivity index (χ3v) is 5.54. The van der Waals surface area contributed by atoms with Gasteiger partial charge in [-0.15, -0.1) is 0 Å². The number of aliphatic hydroxyl groups excluding tert-OH is 1. The van der Waals surface area contributed by atoms with Crippen LogP contribution in [0.2, 0.25) is 0 Å². The van der Waals surface area contributed by atoms with Crippen LogP contribution in [0.15, 0.2) is 36.4 Å². The number of nitrogens with zero attached hydrogens (tertiary/aromatic N) is 1. The molecule has 7 nitrogen and oxygen atoms in total. The monoisotopic (exact) mass is 424 g/mol. The van der Waals surface area contributed by atoms with Crippen LogP contribution in [0.3, 0.4) is 0 Å². The van der Waals surface area contributed by atoms with E-state index in [0.29, 0.717) is 0 Å². The summed E-state index contributed by atoms with van der Waals surface area (Å²) >= 11 is 0. The first-order valence-corrected chi connectivity index (χ1v) is 10.7. The van der Waals surface area contributed by atoms with E-state index in [2.05, 4.69) is 20.9 Å². The van der Waals surface area contributed by atoms with Gasteiger partial charge in [0.2, 0.25) is 11.8 Å². The molecule has 0 unspecified atom stereocenters. The lowest BCUT2D eigenvalue weighted by Crippen LogP contribution is -2.37. The highest BCUT2D eigenvalue weighted by Crippen LogP contribution is 2.28. The number of carbonyl (C=O) groups is 2. The number of aryl methyl sites for hydroxylation is 3. The first-order valence-electron chi connectivity index (χ1n) is 10.7. The lowest BCUT2D eigenvalue weighted by atomic mass is 10.1. The summed E-state index contributed by atoms with van der Waals surface area (Å²) in [4.78, 5) is 26.8. The Bertz CT molecular complexity index is 913. The van der Waals surface area contributed by atoms with Crippen molar-refractivity contribution in [3.63, 3.8) is 0 Å². The highest BCUT2D eigenvalue weighted by Gasteiger charge is 2.19. The SMILES string of the molecule is Cc1cc(C)c(NC(=O)CNC(=O)CNc2ccccc2N2CCC(O)CC2)c(C)c1. The number of carbonyl (C=O) groups excluding carboxylic acids is 2. The van der Waals surface area contributed by atoms with Crippen molar-refractivity contribution in [1.29, 1.82) is 0 Å². The number of hydrogen-bond donors (Lipinski definition) is 4. The highest BCUT2D eigenvalue weighted by molar-refractivity contribution is 5.96. The van der Waals surface area contributed by atoms with Crippen molar-refractivity contribution in [2.75, 3.05) is 41.7 Å². The van der Waals surface area contributed by atoms with E-state index in [1.165, 1.54) is 0 Å². The predicted octanol–water partition coefficient (Wildman–Crippen LogP) is 2.74.